The molecule has 1 aromatic heterocycles. The average molecular weight is 420 g/mol. The van der Waals surface area contributed by atoms with Crippen molar-refractivity contribution in [3.05, 3.63) is 53.9 Å². The molecule has 3 rings (SSSR count). The largest absolute Gasteiger partial charge is 0.451 e. The molecule has 0 aliphatic carbocycles. The number of benzene rings is 1. The lowest BCUT2D eigenvalue weighted by atomic mass is 10.1. The molecule has 1 unspecified atom stereocenters. The summed E-state index contributed by atoms with van der Waals surface area (Å²) >= 11 is 0. The van der Waals surface area contributed by atoms with Crippen LogP contribution in [0.5, 0.6) is 0 Å². The minimum atomic E-state index is -3.63. The zero-order valence-corrected chi connectivity index (χ0v) is 17.3. The van der Waals surface area contributed by atoms with E-state index < -0.39 is 28.5 Å². The molecule has 1 aliphatic heterocycles. The van der Waals surface area contributed by atoms with Crippen LogP contribution in [0.1, 0.15) is 41.9 Å². The molecule has 0 spiro atoms. The molecule has 1 N–H and O–H groups in total. The van der Waals surface area contributed by atoms with Gasteiger partial charge in [-0.25, -0.2) is 13.2 Å². The number of sulfonamides is 1. The van der Waals surface area contributed by atoms with Gasteiger partial charge in [0.15, 0.2) is 6.61 Å². The van der Waals surface area contributed by atoms with Gasteiger partial charge in [0, 0.05) is 26.3 Å². The second-order valence-electron chi connectivity index (χ2n) is 7.06. The Morgan fingerprint density at radius 1 is 1.17 bits per heavy atom. The molecule has 2 heterocycles. The van der Waals surface area contributed by atoms with E-state index in [0.717, 1.165) is 18.4 Å². The highest BCUT2D eigenvalue weighted by molar-refractivity contribution is 7.89. The maximum Gasteiger partial charge on any atom is 0.355 e. The first-order valence-corrected chi connectivity index (χ1v) is 10.9. The number of hydrogen-bond acceptors (Lipinski definition) is 5. The van der Waals surface area contributed by atoms with Gasteiger partial charge in [0.1, 0.15) is 10.6 Å². The quantitative estimate of drug-likeness (QED) is 0.691. The Bertz CT molecular complexity index is 979. The lowest BCUT2D eigenvalue weighted by molar-refractivity contribution is -0.124. The Morgan fingerprint density at radius 2 is 1.83 bits per heavy atom. The second kappa shape index (κ2) is 8.79. The van der Waals surface area contributed by atoms with Gasteiger partial charge in [0.05, 0.1) is 6.04 Å². The number of amides is 1. The van der Waals surface area contributed by atoms with Crippen LogP contribution in [0.15, 0.2) is 47.5 Å². The van der Waals surface area contributed by atoms with Crippen molar-refractivity contribution in [1.82, 2.24) is 14.2 Å². The summed E-state index contributed by atoms with van der Waals surface area (Å²) in [5.74, 6) is -1.19. The molecule has 1 fully saturated rings. The first kappa shape index (κ1) is 21.1. The highest BCUT2D eigenvalue weighted by atomic mass is 32.2. The normalized spacial score (nSPS) is 15.8. The van der Waals surface area contributed by atoms with Gasteiger partial charge in [-0.1, -0.05) is 30.3 Å². The Labute approximate surface area is 170 Å². The van der Waals surface area contributed by atoms with Crippen LogP contribution in [0.4, 0.5) is 0 Å². The number of nitrogens with one attached hydrogen (secondary N) is 1. The number of carbonyl (C=O) groups is 2. The zero-order valence-electron chi connectivity index (χ0n) is 16.5. The third kappa shape index (κ3) is 4.86. The first-order valence-electron chi connectivity index (χ1n) is 9.47. The van der Waals surface area contributed by atoms with Gasteiger partial charge in [-0.2, -0.15) is 4.31 Å². The maximum absolute atomic E-state index is 12.6. The summed E-state index contributed by atoms with van der Waals surface area (Å²) in [4.78, 5) is 24.5. The van der Waals surface area contributed by atoms with E-state index in [1.165, 1.54) is 21.1 Å². The van der Waals surface area contributed by atoms with Crippen molar-refractivity contribution in [2.75, 3.05) is 19.7 Å². The highest BCUT2D eigenvalue weighted by Crippen LogP contribution is 2.22. The molecule has 1 aromatic carbocycles. The number of aryl methyl sites for hydroxylation is 1. The molecule has 2 aromatic rings. The Hall–Kier alpha value is -2.65. The van der Waals surface area contributed by atoms with Crippen LogP contribution in [0.3, 0.4) is 0 Å². The maximum atomic E-state index is 12.6. The minimum absolute atomic E-state index is 0.0519. The van der Waals surface area contributed by atoms with Crippen LogP contribution in [0, 0.1) is 0 Å². The second-order valence-corrected chi connectivity index (χ2v) is 9.00. The number of aromatic nitrogens is 1. The third-order valence-electron chi connectivity index (χ3n) is 4.90. The van der Waals surface area contributed by atoms with Crippen LogP contribution in [-0.4, -0.2) is 48.9 Å². The fraction of sp³-hybridized carbons (Fsp3) is 0.400. The molecule has 29 heavy (non-hydrogen) atoms. The standard InChI is InChI=1S/C20H25N3O5S/c1-15(16-8-4-3-5-9-16)21-19(24)14-28-20(25)18-12-17(13-22(18)2)29(26,27)23-10-6-7-11-23/h3-5,8-9,12-13,15H,6-7,10-11,14H2,1-2H3,(H,21,24). The molecule has 1 atom stereocenters. The summed E-state index contributed by atoms with van der Waals surface area (Å²) < 4.78 is 33.2. The van der Waals surface area contributed by atoms with E-state index in [2.05, 4.69) is 5.32 Å². The number of hydrogen-bond donors (Lipinski definition) is 1. The minimum Gasteiger partial charge on any atom is -0.451 e. The topological polar surface area (TPSA) is 97.7 Å². The van der Waals surface area contributed by atoms with E-state index in [0.29, 0.717) is 13.1 Å². The average Bonchev–Trinajstić information content (AvgIpc) is 3.37. The fourth-order valence-corrected chi connectivity index (χ4v) is 4.86. The number of carbonyl (C=O) groups excluding carboxylic acids is 2. The van der Waals surface area contributed by atoms with Crippen molar-refractivity contribution in [3.63, 3.8) is 0 Å². The van der Waals surface area contributed by atoms with E-state index in [1.54, 1.807) is 7.05 Å². The monoisotopic (exact) mass is 419 g/mol. The predicted molar refractivity (Wildman–Crippen MR) is 107 cm³/mol. The third-order valence-corrected chi connectivity index (χ3v) is 6.77. The Morgan fingerprint density at radius 3 is 2.48 bits per heavy atom. The van der Waals surface area contributed by atoms with Crippen LogP contribution >= 0.6 is 0 Å². The summed E-state index contributed by atoms with van der Waals surface area (Å²) in [6.07, 6.45) is 3.05. The van der Waals surface area contributed by atoms with E-state index in [4.69, 9.17) is 4.74 Å². The fourth-order valence-electron chi connectivity index (χ4n) is 3.27. The van der Waals surface area contributed by atoms with Crippen molar-refractivity contribution in [2.24, 2.45) is 7.05 Å². The van der Waals surface area contributed by atoms with Gasteiger partial charge >= 0.3 is 5.97 Å². The highest BCUT2D eigenvalue weighted by Gasteiger charge is 2.29. The smallest absolute Gasteiger partial charge is 0.355 e. The predicted octanol–water partition coefficient (Wildman–Crippen LogP) is 1.84. The number of esters is 1. The van der Waals surface area contributed by atoms with Crippen molar-refractivity contribution < 1.29 is 22.7 Å². The summed E-state index contributed by atoms with van der Waals surface area (Å²) in [5.41, 5.74) is 1.01. The molecular formula is C20H25N3O5S. The van der Waals surface area contributed by atoms with Crippen LogP contribution in [-0.2, 0) is 26.6 Å². The van der Waals surface area contributed by atoms with Gasteiger partial charge in [-0.15, -0.1) is 0 Å². The van der Waals surface area contributed by atoms with Crippen LogP contribution in [0.2, 0.25) is 0 Å². The van der Waals surface area contributed by atoms with Crippen molar-refractivity contribution in [3.8, 4) is 0 Å². The number of nitrogens with zero attached hydrogens (tertiary/aromatic N) is 2. The van der Waals surface area contributed by atoms with Crippen LogP contribution in [0.25, 0.3) is 0 Å². The van der Waals surface area contributed by atoms with E-state index in [-0.39, 0.29) is 16.6 Å². The summed E-state index contributed by atoms with van der Waals surface area (Å²) in [6, 6.07) is 10.5. The van der Waals surface area contributed by atoms with Crippen molar-refractivity contribution in [1.29, 1.82) is 0 Å². The van der Waals surface area contributed by atoms with Crippen LogP contribution < -0.4 is 5.32 Å². The van der Waals surface area contributed by atoms with E-state index >= 15 is 0 Å². The molecule has 1 saturated heterocycles. The van der Waals surface area contributed by atoms with Gasteiger partial charge in [-0.05, 0) is 31.4 Å². The van der Waals surface area contributed by atoms with E-state index in [9.17, 15) is 18.0 Å². The lowest BCUT2D eigenvalue weighted by Gasteiger charge is -2.14. The Kier molecular flexibility index (Phi) is 6.39. The lowest BCUT2D eigenvalue weighted by Crippen LogP contribution is -2.31. The first-order chi connectivity index (χ1) is 13.8. The summed E-state index contributed by atoms with van der Waals surface area (Å²) in [7, 11) is -2.06. The molecule has 156 valence electrons. The number of rotatable bonds is 7. The molecule has 0 radical (unpaired) electrons. The van der Waals surface area contributed by atoms with Gasteiger partial charge in [-0.3, -0.25) is 4.79 Å². The summed E-state index contributed by atoms with van der Waals surface area (Å²) in [6.45, 7) is 2.35. The molecule has 9 heteroatoms. The van der Waals surface area contributed by atoms with Gasteiger partial charge < -0.3 is 14.6 Å². The van der Waals surface area contributed by atoms with Crippen molar-refractivity contribution in [2.45, 2.75) is 30.7 Å². The zero-order chi connectivity index (χ0) is 21.0. The molecule has 1 aliphatic rings. The molecule has 0 saturated carbocycles. The summed E-state index contributed by atoms with van der Waals surface area (Å²) in [5, 5.41) is 2.76. The Balaban J connectivity index is 1.59. The number of ether oxygens (including phenoxy) is 1. The van der Waals surface area contributed by atoms with Gasteiger partial charge in [0.25, 0.3) is 5.91 Å². The van der Waals surface area contributed by atoms with E-state index in [1.807, 2.05) is 37.3 Å². The SMILES string of the molecule is CC(NC(=O)COC(=O)c1cc(S(=O)(=O)N2CCCC2)cn1C)c1ccccc1. The molecule has 0 bridgehead atoms. The molecule has 1 amide bonds. The van der Waals surface area contributed by atoms with Crippen molar-refractivity contribution >= 4 is 21.9 Å². The molecular weight excluding hydrogens is 394 g/mol. The van der Waals surface area contributed by atoms with Gasteiger partial charge in [0.2, 0.25) is 10.0 Å². The molecule has 8 nitrogen and oxygen atoms in total.